The van der Waals surface area contributed by atoms with E-state index < -0.39 is 5.56 Å². The third-order valence-corrected chi connectivity index (χ3v) is 5.66. The van der Waals surface area contributed by atoms with Gasteiger partial charge in [-0.15, -0.1) is 0 Å². The molecule has 1 aromatic heterocycles. The van der Waals surface area contributed by atoms with E-state index in [9.17, 15) is 5.26 Å². The van der Waals surface area contributed by atoms with Gasteiger partial charge in [0.1, 0.15) is 11.8 Å². The lowest BCUT2D eigenvalue weighted by Gasteiger charge is -2.17. The molecule has 0 bridgehead atoms. The minimum Gasteiger partial charge on any atom is -0.495 e. The van der Waals surface area contributed by atoms with Gasteiger partial charge in [0.15, 0.2) is 17.1 Å². The van der Waals surface area contributed by atoms with E-state index in [0.717, 1.165) is 32.9 Å². The Kier molecular flexibility index (Phi) is 6.37. The standard InChI is InChI=1S/C25H21Cl2N3O3/c1-13-5-19(27)22(31-3)10-20(13)30-25-17(11-28)12-29-21-7-16-8-23(32-4)24(33-14(2)26)9-15(16)6-18(21)25/h5-10,12,14H,1-4H3,(H,29,30). The number of fused-ring (bicyclic) bond motifs is 2. The number of benzene rings is 3. The number of hydrogen-bond acceptors (Lipinski definition) is 6. The van der Waals surface area contributed by atoms with Crippen molar-refractivity contribution in [2.75, 3.05) is 19.5 Å². The lowest BCUT2D eigenvalue weighted by atomic mass is 10.0. The van der Waals surface area contributed by atoms with Crippen LogP contribution in [0.1, 0.15) is 18.1 Å². The van der Waals surface area contributed by atoms with Gasteiger partial charge in [-0.2, -0.15) is 5.26 Å². The molecular weight excluding hydrogens is 461 g/mol. The van der Waals surface area contributed by atoms with Crippen molar-refractivity contribution >= 4 is 56.3 Å². The number of alkyl halides is 1. The number of methoxy groups -OCH3 is 2. The number of hydrogen-bond donors (Lipinski definition) is 1. The normalized spacial score (nSPS) is 11.8. The summed E-state index contributed by atoms with van der Waals surface area (Å²) in [7, 11) is 3.14. The summed E-state index contributed by atoms with van der Waals surface area (Å²) in [6.07, 6.45) is 1.56. The van der Waals surface area contributed by atoms with Crippen molar-refractivity contribution in [3.05, 3.63) is 58.7 Å². The van der Waals surface area contributed by atoms with Crippen LogP contribution in [0.15, 0.2) is 42.6 Å². The summed E-state index contributed by atoms with van der Waals surface area (Å²) in [5, 5.41) is 16.3. The fraction of sp³-hybridized carbons (Fsp3) is 0.200. The molecule has 0 aliphatic carbocycles. The number of nitriles is 1. The molecule has 33 heavy (non-hydrogen) atoms. The van der Waals surface area contributed by atoms with E-state index in [1.54, 1.807) is 27.3 Å². The van der Waals surface area contributed by atoms with Crippen molar-refractivity contribution < 1.29 is 14.2 Å². The molecule has 0 amide bonds. The first-order valence-electron chi connectivity index (χ1n) is 10.1. The van der Waals surface area contributed by atoms with Gasteiger partial charge >= 0.3 is 0 Å². The fourth-order valence-corrected chi connectivity index (χ4v) is 4.06. The highest BCUT2D eigenvalue weighted by Gasteiger charge is 2.15. The maximum absolute atomic E-state index is 9.77. The van der Waals surface area contributed by atoms with E-state index >= 15 is 0 Å². The SMILES string of the molecule is COc1cc(Nc2c(C#N)cnc3cc4cc(OC)c(OC(C)Cl)cc4cc23)c(C)cc1Cl. The van der Waals surface area contributed by atoms with Crippen molar-refractivity contribution in [1.82, 2.24) is 4.98 Å². The highest BCUT2D eigenvalue weighted by molar-refractivity contribution is 6.32. The summed E-state index contributed by atoms with van der Waals surface area (Å²) >= 11 is 12.3. The Labute approximate surface area is 201 Å². The molecule has 0 fully saturated rings. The summed E-state index contributed by atoms with van der Waals surface area (Å²) < 4.78 is 16.5. The summed E-state index contributed by atoms with van der Waals surface area (Å²) in [5.74, 6) is 1.64. The monoisotopic (exact) mass is 481 g/mol. The predicted octanol–water partition coefficient (Wildman–Crippen LogP) is 6.95. The molecule has 8 heteroatoms. The zero-order chi connectivity index (χ0) is 23.7. The van der Waals surface area contributed by atoms with Crippen molar-refractivity contribution in [1.29, 1.82) is 5.26 Å². The molecular formula is C25H21Cl2N3O3. The Morgan fingerprint density at radius 2 is 1.70 bits per heavy atom. The number of nitrogens with one attached hydrogen (secondary N) is 1. The third kappa shape index (κ3) is 4.43. The maximum Gasteiger partial charge on any atom is 0.169 e. The number of aromatic nitrogens is 1. The zero-order valence-corrected chi connectivity index (χ0v) is 20.0. The van der Waals surface area contributed by atoms with Crippen LogP contribution in [0.3, 0.4) is 0 Å². The van der Waals surface area contributed by atoms with Crippen molar-refractivity contribution in [3.8, 4) is 23.3 Å². The molecule has 4 rings (SSSR count). The predicted molar refractivity (Wildman–Crippen MR) is 132 cm³/mol. The van der Waals surface area contributed by atoms with Gasteiger partial charge in [0.05, 0.1) is 36.0 Å². The third-order valence-electron chi connectivity index (χ3n) is 5.28. The number of nitrogens with zero attached hydrogens (tertiary/aromatic N) is 2. The number of pyridine rings is 1. The molecule has 6 nitrogen and oxygen atoms in total. The molecule has 0 saturated carbocycles. The first kappa shape index (κ1) is 22.8. The van der Waals surface area contributed by atoms with Crippen LogP contribution in [0.5, 0.6) is 17.2 Å². The Morgan fingerprint density at radius 1 is 1.00 bits per heavy atom. The molecule has 1 N–H and O–H groups in total. The van der Waals surface area contributed by atoms with Crippen LogP contribution < -0.4 is 19.5 Å². The Bertz CT molecular complexity index is 1410. The highest BCUT2D eigenvalue weighted by Crippen LogP contribution is 2.39. The number of rotatable bonds is 6. The minimum atomic E-state index is -0.524. The Morgan fingerprint density at radius 3 is 2.36 bits per heavy atom. The smallest absolute Gasteiger partial charge is 0.169 e. The maximum atomic E-state index is 9.77. The molecule has 0 saturated heterocycles. The molecule has 1 atom stereocenters. The molecule has 0 aliphatic heterocycles. The molecule has 0 radical (unpaired) electrons. The second kappa shape index (κ2) is 9.22. The minimum absolute atomic E-state index is 0.412. The highest BCUT2D eigenvalue weighted by atomic mass is 35.5. The van der Waals surface area contributed by atoms with E-state index in [4.69, 9.17) is 37.4 Å². The van der Waals surface area contributed by atoms with Crippen LogP contribution in [0.4, 0.5) is 11.4 Å². The molecule has 1 unspecified atom stereocenters. The number of aryl methyl sites for hydroxylation is 1. The molecule has 168 valence electrons. The lowest BCUT2D eigenvalue weighted by molar-refractivity contribution is 0.281. The van der Waals surface area contributed by atoms with Crippen LogP contribution in [0.25, 0.3) is 21.7 Å². The van der Waals surface area contributed by atoms with E-state index in [-0.39, 0.29) is 0 Å². The first-order valence-corrected chi connectivity index (χ1v) is 10.9. The Balaban J connectivity index is 1.93. The van der Waals surface area contributed by atoms with Crippen LogP contribution in [-0.4, -0.2) is 24.8 Å². The van der Waals surface area contributed by atoms with Crippen molar-refractivity contribution in [3.63, 3.8) is 0 Å². The van der Waals surface area contributed by atoms with Gasteiger partial charge in [-0.3, -0.25) is 4.98 Å². The van der Waals surface area contributed by atoms with Crippen molar-refractivity contribution in [2.45, 2.75) is 19.4 Å². The van der Waals surface area contributed by atoms with E-state index in [1.165, 1.54) is 0 Å². The average molecular weight is 482 g/mol. The first-order chi connectivity index (χ1) is 15.8. The lowest BCUT2D eigenvalue weighted by Crippen LogP contribution is -2.04. The van der Waals surface area contributed by atoms with Gasteiger partial charge in [0, 0.05) is 23.3 Å². The number of anilines is 2. The van der Waals surface area contributed by atoms with Gasteiger partial charge in [0.25, 0.3) is 0 Å². The fourth-order valence-electron chi connectivity index (χ4n) is 3.67. The summed E-state index contributed by atoms with van der Waals surface area (Å²) in [6, 6.07) is 13.5. The van der Waals surface area contributed by atoms with Crippen LogP contribution in [-0.2, 0) is 0 Å². The van der Waals surface area contributed by atoms with E-state index in [0.29, 0.717) is 33.5 Å². The van der Waals surface area contributed by atoms with Gasteiger partial charge in [0.2, 0.25) is 0 Å². The van der Waals surface area contributed by atoms with E-state index in [2.05, 4.69) is 16.4 Å². The summed E-state index contributed by atoms with van der Waals surface area (Å²) in [6.45, 7) is 3.67. The molecule has 4 aromatic rings. The molecule has 1 heterocycles. The Hall–Kier alpha value is -3.40. The summed E-state index contributed by atoms with van der Waals surface area (Å²) in [5.41, 5.74) is 2.94. The van der Waals surface area contributed by atoms with E-state index in [1.807, 2.05) is 43.3 Å². The molecule has 0 aliphatic rings. The van der Waals surface area contributed by atoms with Gasteiger partial charge in [-0.05, 0) is 60.5 Å². The van der Waals surface area contributed by atoms with Gasteiger partial charge in [-0.1, -0.05) is 23.2 Å². The van der Waals surface area contributed by atoms with Crippen molar-refractivity contribution in [2.24, 2.45) is 0 Å². The molecule has 3 aromatic carbocycles. The second-order valence-electron chi connectivity index (χ2n) is 7.47. The molecule has 0 spiro atoms. The van der Waals surface area contributed by atoms with Gasteiger partial charge in [-0.25, -0.2) is 0 Å². The zero-order valence-electron chi connectivity index (χ0n) is 18.5. The van der Waals surface area contributed by atoms with Crippen LogP contribution >= 0.6 is 23.2 Å². The number of halogens is 2. The second-order valence-corrected chi connectivity index (χ2v) is 8.49. The summed E-state index contributed by atoms with van der Waals surface area (Å²) in [4.78, 5) is 4.50. The number of ether oxygens (including phenoxy) is 3. The van der Waals surface area contributed by atoms with Crippen LogP contribution in [0, 0.1) is 18.3 Å². The topological polar surface area (TPSA) is 76.4 Å². The largest absolute Gasteiger partial charge is 0.495 e. The van der Waals surface area contributed by atoms with Gasteiger partial charge < -0.3 is 19.5 Å². The van der Waals surface area contributed by atoms with Crippen LogP contribution in [0.2, 0.25) is 5.02 Å². The quantitative estimate of drug-likeness (QED) is 0.237. The average Bonchev–Trinajstić information content (AvgIpc) is 2.78.